The van der Waals surface area contributed by atoms with Crippen molar-refractivity contribution >= 4 is 11.6 Å². The molecular weight excluding hydrogens is 329 g/mol. The van der Waals surface area contributed by atoms with Crippen LogP contribution in [0.3, 0.4) is 0 Å². The largest absolute Gasteiger partial charge is 0.369 e. The molecule has 1 saturated heterocycles. The third kappa shape index (κ3) is 4.41. The summed E-state index contributed by atoms with van der Waals surface area (Å²) < 4.78 is 13.1. The summed E-state index contributed by atoms with van der Waals surface area (Å²) in [4.78, 5) is 19.0. The maximum absolute atomic E-state index is 13.1. The molecule has 3 rings (SSSR count). The lowest BCUT2D eigenvalue weighted by Crippen LogP contribution is -2.54. The molecule has 1 fully saturated rings. The van der Waals surface area contributed by atoms with Gasteiger partial charge in [-0.25, -0.2) is 4.39 Å². The van der Waals surface area contributed by atoms with Crippen LogP contribution < -0.4 is 4.90 Å². The Balaban J connectivity index is 1.53. The van der Waals surface area contributed by atoms with Crippen molar-refractivity contribution in [2.24, 2.45) is 0 Å². The van der Waals surface area contributed by atoms with Gasteiger partial charge in [0.05, 0.1) is 6.04 Å². The molecule has 1 atom stereocenters. The fourth-order valence-electron chi connectivity index (χ4n) is 3.43. The van der Waals surface area contributed by atoms with Crippen molar-refractivity contribution in [2.45, 2.75) is 19.5 Å². The Morgan fingerprint density at radius 1 is 1.04 bits per heavy atom. The topological polar surface area (TPSA) is 26.8 Å². The van der Waals surface area contributed by atoms with Crippen molar-refractivity contribution in [3.05, 3.63) is 66.0 Å². The highest BCUT2D eigenvalue weighted by atomic mass is 19.1. The van der Waals surface area contributed by atoms with Gasteiger partial charge in [0.25, 0.3) is 0 Å². The molecule has 2 aromatic carbocycles. The summed E-state index contributed by atoms with van der Waals surface area (Å²) in [6, 6.07) is 16.5. The molecule has 138 valence electrons. The molecular formula is C21H26FN3O. The number of hydrogen-bond donors (Lipinski definition) is 0. The van der Waals surface area contributed by atoms with Gasteiger partial charge < -0.3 is 9.80 Å². The highest BCUT2D eigenvalue weighted by molar-refractivity contribution is 5.81. The molecule has 0 saturated carbocycles. The molecule has 0 bridgehead atoms. The summed E-state index contributed by atoms with van der Waals surface area (Å²) in [5.74, 6) is -0.0721. The summed E-state index contributed by atoms with van der Waals surface area (Å²) in [7, 11) is 1.86. The van der Waals surface area contributed by atoms with Crippen molar-refractivity contribution in [3.63, 3.8) is 0 Å². The van der Waals surface area contributed by atoms with Crippen LogP contribution in [0.15, 0.2) is 54.6 Å². The molecule has 26 heavy (non-hydrogen) atoms. The number of rotatable bonds is 5. The monoisotopic (exact) mass is 355 g/mol. The first-order valence-electron chi connectivity index (χ1n) is 9.08. The molecule has 0 N–H and O–H groups in total. The van der Waals surface area contributed by atoms with Crippen molar-refractivity contribution in [3.8, 4) is 0 Å². The zero-order valence-electron chi connectivity index (χ0n) is 15.4. The average Bonchev–Trinajstić information content (AvgIpc) is 2.68. The van der Waals surface area contributed by atoms with Gasteiger partial charge in [-0.3, -0.25) is 9.69 Å². The predicted molar refractivity (Wildman–Crippen MR) is 103 cm³/mol. The third-order valence-corrected chi connectivity index (χ3v) is 5.05. The standard InChI is InChI=1S/C21H26FN3O/c1-17(21(26)23(2)16-18-6-4-3-5-7-18)24-12-14-25(15-13-24)20-10-8-19(22)9-11-20/h3-11,17H,12-16H2,1-2H3/t17-/m1/s1. The second kappa shape index (κ2) is 8.32. The Hall–Kier alpha value is -2.40. The van der Waals surface area contributed by atoms with E-state index >= 15 is 0 Å². The normalized spacial score (nSPS) is 16.3. The number of benzene rings is 2. The Morgan fingerprint density at radius 2 is 1.65 bits per heavy atom. The molecule has 1 aliphatic heterocycles. The number of halogens is 1. The van der Waals surface area contributed by atoms with Gasteiger partial charge in [-0.15, -0.1) is 0 Å². The second-order valence-electron chi connectivity index (χ2n) is 6.86. The molecule has 2 aromatic rings. The van der Waals surface area contributed by atoms with Crippen molar-refractivity contribution in [1.29, 1.82) is 0 Å². The predicted octanol–water partition coefficient (Wildman–Crippen LogP) is 2.99. The lowest BCUT2D eigenvalue weighted by molar-refractivity contribution is -0.135. The average molecular weight is 355 g/mol. The first-order valence-corrected chi connectivity index (χ1v) is 9.08. The van der Waals surface area contributed by atoms with Crippen LogP contribution in [0.25, 0.3) is 0 Å². The smallest absolute Gasteiger partial charge is 0.239 e. The highest BCUT2D eigenvalue weighted by Gasteiger charge is 2.27. The van der Waals surface area contributed by atoms with E-state index in [1.165, 1.54) is 12.1 Å². The van der Waals surface area contributed by atoms with Gasteiger partial charge in [-0.05, 0) is 36.8 Å². The second-order valence-corrected chi connectivity index (χ2v) is 6.86. The van der Waals surface area contributed by atoms with Crippen molar-refractivity contribution < 1.29 is 9.18 Å². The van der Waals surface area contributed by atoms with Gasteiger partial charge in [0.15, 0.2) is 0 Å². The summed E-state index contributed by atoms with van der Waals surface area (Å²) in [6.45, 7) is 5.93. The minimum atomic E-state index is -0.215. The number of nitrogens with zero attached hydrogens (tertiary/aromatic N) is 3. The summed E-state index contributed by atoms with van der Waals surface area (Å²) >= 11 is 0. The number of piperazine rings is 1. The van der Waals surface area contributed by atoms with E-state index in [1.54, 1.807) is 4.90 Å². The quantitative estimate of drug-likeness (QED) is 0.825. The lowest BCUT2D eigenvalue weighted by Gasteiger charge is -2.39. The number of carbonyl (C=O) groups is 1. The first-order chi connectivity index (χ1) is 12.5. The molecule has 0 aromatic heterocycles. The molecule has 1 amide bonds. The van der Waals surface area contributed by atoms with E-state index in [-0.39, 0.29) is 17.8 Å². The van der Waals surface area contributed by atoms with Gasteiger partial charge in [0.2, 0.25) is 5.91 Å². The van der Waals surface area contributed by atoms with E-state index in [0.717, 1.165) is 37.4 Å². The number of anilines is 1. The lowest BCUT2D eigenvalue weighted by atomic mass is 10.1. The Kier molecular flexibility index (Phi) is 5.89. The molecule has 0 aliphatic carbocycles. The number of amides is 1. The number of carbonyl (C=O) groups excluding carboxylic acids is 1. The van der Waals surface area contributed by atoms with E-state index in [4.69, 9.17) is 0 Å². The molecule has 0 spiro atoms. The highest BCUT2D eigenvalue weighted by Crippen LogP contribution is 2.18. The minimum absolute atomic E-state index is 0.140. The molecule has 5 heteroatoms. The zero-order valence-corrected chi connectivity index (χ0v) is 15.4. The van der Waals surface area contributed by atoms with Crippen LogP contribution in [0, 0.1) is 5.82 Å². The minimum Gasteiger partial charge on any atom is -0.369 e. The van der Waals surface area contributed by atoms with E-state index in [0.29, 0.717) is 6.54 Å². The van der Waals surface area contributed by atoms with Crippen molar-refractivity contribution in [2.75, 3.05) is 38.1 Å². The Labute approximate surface area is 154 Å². The summed E-state index contributed by atoms with van der Waals surface area (Å²) in [6.07, 6.45) is 0. The van der Waals surface area contributed by atoms with E-state index in [2.05, 4.69) is 9.80 Å². The van der Waals surface area contributed by atoms with Gasteiger partial charge in [0.1, 0.15) is 5.82 Å². The van der Waals surface area contributed by atoms with E-state index in [9.17, 15) is 9.18 Å². The Bertz CT molecular complexity index is 712. The maximum atomic E-state index is 13.1. The van der Waals surface area contributed by atoms with Crippen LogP contribution in [0.5, 0.6) is 0 Å². The first kappa shape index (κ1) is 18.4. The summed E-state index contributed by atoms with van der Waals surface area (Å²) in [5, 5.41) is 0. The molecule has 1 aliphatic rings. The molecule has 0 unspecified atom stereocenters. The fraction of sp³-hybridized carbons (Fsp3) is 0.381. The molecule has 1 heterocycles. The number of hydrogen-bond acceptors (Lipinski definition) is 3. The molecule has 0 radical (unpaired) electrons. The van der Waals surface area contributed by atoms with E-state index < -0.39 is 0 Å². The summed E-state index contributed by atoms with van der Waals surface area (Å²) in [5.41, 5.74) is 2.17. The van der Waals surface area contributed by atoms with Crippen LogP contribution in [0.2, 0.25) is 0 Å². The maximum Gasteiger partial charge on any atom is 0.239 e. The van der Waals surface area contributed by atoms with Crippen molar-refractivity contribution in [1.82, 2.24) is 9.80 Å². The van der Waals surface area contributed by atoms with Crippen LogP contribution in [-0.2, 0) is 11.3 Å². The van der Waals surface area contributed by atoms with Gasteiger partial charge >= 0.3 is 0 Å². The third-order valence-electron chi connectivity index (χ3n) is 5.05. The van der Waals surface area contributed by atoms with E-state index in [1.807, 2.05) is 56.4 Å². The molecule has 4 nitrogen and oxygen atoms in total. The number of likely N-dealkylation sites (N-methyl/N-ethyl adjacent to an activating group) is 1. The Morgan fingerprint density at radius 3 is 2.27 bits per heavy atom. The van der Waals surface area contributed by atoms with Gasteiger partial charge in [-0.2, -0.15) is 0 Å². The van der Waals surface area contributed by atoms with Crippen LogP contribution in [0.4, 0.5) is 10.1 Å². The van der Waals surface area contributed by atoms with Gasteiger partial charge in [0, 0.05) is 45.5 Å². The fourth-order valence-corrected chi connectivity index (χ4v) is 3.43. The van der Waals surface area contributed by atoms with Gasteiger partial charge in [-0.1, -0.05) is 30.3 Å². The SMILES string of the molecule is C[C@H](C(=O)N(C)Cc1ccccc1)N1CCN(c2ccc(F)cc2)CC1. The van der Waals surface area contributed by atoms with Crippen LogP contribution >= 0.6 is 0 Å². The van der Waals surface area contributed by atoms with Crippen LogP contribution in [-0.4, -0.2) is 55.0 Å². The zero-order chi connectivity index (χ0) is 18.5. The van der Waals surface area contributed by atoms with Crippen LogP contribution in [0.1, 0.15) is 12.5 Å².